The maximum atomic E-state index is 12.5. The van der Waals surface area contributed by atoms with Crippen LogP contribution in [0.15, 0.2) is 24.3 Å². The molecule has 2 aliphatic rings. The molecule has 1 aromatic carbocycles. The summed E-state index contributed by atoms with van der Waals surface area (Å²) in [5.41, 5.74) is 1.98. The number of nitrogens with one attached hydrogen (secondary N) is 1. The molecular formula is C19H26N2O3. The highest BCUT2D eigenvalue weighted by atomic mass is 16.5. The molecule has 1 N–H and O–H groups in total. The predicted octanol–water partition coefficient (Wildman–Crippen LogP) is 2.60. The van der Waals surface area contributed by atoms with Gasteiger partial charge in [-0.1, -0.05) is 12.1 Å². The van der Waals surface area contributed by atoms with E-state index in [2.05, 4.69) is 5.32 Å². The summed E-state index contributed by atoms with van der Waals surface area (Å²) in [5.74, 6) is 0.412. The molecule has 0 radical (unpaired) electrons. The average Bonchev–Trinajstić information content (AvgIpc) is 2.62. The van der Waals surface area contributed by atoms with Crippen molar-refractivity contribution in [1.29, 1.82) is 0 Å². The van der Waals surface area contributed by atoms with Crippen LogP contribution in [-0.4, -0.2) is 43.0 Å². The first-order valence-corrected chi connectivity index (χ1v) is 8.87. The van der Waals surface area contributed by atoms with Crippen molar-refractivity contribution in [3.05, 3.63) is 29.8 Å². The van der Waals surface area contributed by atoms with E-state index < -0.39 is 0 Å². The van der Waals surface area contributed by atoms with E-state index in [9.17, 15) is 9.59 Å². The quantitative estimate of drug-likeness (QED) is 0.927. The van der Waals surface area contributed by atoms with E-state index in [1.54, 1.807) is 0 Å². The minimum absolute atomic E-state index is 0.00995. The first-order valence-electron chi connectivity index (χ1n) is 8.87. The second-order valence-electron chi connectivity index (χ2n) is 6.84. The van der Waals surface area contributed by atoms with Crippen LogP contribution < -0.4 is 5.32 Å². The van der Waals surface area contributed by atoms with Crippen LogP contribution in [0.2, 0.25) is 0 Å². The van der Waals surface area contributed by atoms with E-state index in [1.807, 2.05) is 36.1 Å². The van der Waals surface area contributed by atoms with Crippen molar-refractivity contribution in [1.82, 2.24) is 4.90 Å². The molecule has 2 fully saturated rings. The summed E-state index contributed by atoms with van der Waals surface area (Å²) in [6.07, 6.45) is 3.14. The maximum absolute atomic E-state index is 12.5. The fourth-order valence-corrected chi connectivity index (χ4v) is 3.53. The number of rotatable bonds is 3. The normalized spacial score (nSPS) is 20.0. The zero-order valence-electron chi connectivity index (χ0n) is 14.3. The van der Waals surface area contributed by atoms with Gasteiger partial charge in [0.1, 0.15) is 0 Å². The molecule has 5 heteroatoms. The smallest absolute Gasteiger partial charge is 0.227 e. The van der Waals surface area contributed by atoms with Gasteiger partial charge in [-0.25, -0.2) is 0 Å². The third-order valence-corrected chi connectivity index (χ3v) is 5.03. The molecule has 0 bridgehead atoms. The maximum Gasteiger partial charge on any atom is 0.227 e. The molecule has 0 saturated carbocycles. The van der Waals surface area contributed by atoms with Crippen molar-refractivity contribution in [3.63, 3.8) is 0 Å². The van der Waals surface area contributed by atoms with Gasteiger partial charge in [-0.05, 0) is 50.3 Å². The molecule has 0 aromatic heterocycles. The van der Waals surface area contributed by atoms with E-state index in [1.165, 1.54) is 0 Å². The third kappa shape index (κ3) is 4.15. The van der Waals surface area contributed by atoms with E-state index in [4.69, 9.17) is 4.74 Å². The number of aryl methyl sites for hydroxylation is 1. The van der Waals surface area contributed by atoms with Gasteiger partial charge in [-0.3, -0.25) is 9.59 Å². The van der Waals surface area contributed by atoms with Gasteiger partial charge in [0.15, 0.2) is 0 Å². The highest BCUT2D eigenvalue weighted by molar-refractivity contribution is 5.92. The molecule has 24 heavy (non-hydrogen) atoms. The number of ether oxygens (including phenoxy) is 1. The van der Waals surface area contributed by atoms with Gasteiger partial charge in [0.25, 0.3) is 0 Å². The van der Waals surface area contributed by atoms with Crippen LogP contribution in [0, 0.1) is 18.8 Å². The van der Waals surface area contributed by atoms with Crippen molar-refractivity contribution in [3.8, 4) is 0 Å². The van der Waals surface area contributed by atoms with Crippen molar-refractivity contribution >= 4 is 17.5 Å². The lowest BCUT2D eigenvalue weighted by Crippen LogP contribution is -2.45. The Morgan fingerprint density at radius 2 is 1.79 bits per heavy atom. The van der Waals surface area contributed by atoms with Crippen molar-refractivity contribution in [2.24, 2.45) is 11.8 Å². The highest BCUT2D eigenvalue weighted by Gasteiger charge is 2.31. The van der Waals surface area contributed by atoms with Crippen LogP contribution >= 0.6 is 0 Å². The number of carbonyl (C=O) groups is 2. The standard InChI is InChI=1S/C19H26N2O3/c1-14-3-2-4-17(13-14)20-18(22)15-5-9-21(10-6-15)19(23)16-7-11-24-12-8-16/h2-4,13,15-16H,5-12H2,1H3,(H,20,22). The largest absolute Gasteiger partial charge is 0.381 e. The average molecular weight is 330 g/mol. The second kappa shape index (κ2) is 7.79. The summed E-state index contributed by atoms with van der Waals surface area (Å²) in [5, 5.41) is 3.00. The number of anilines is 1. The van der Waals surface area contributed by atoms with Gasteiger partial charge in [0.05, 0.1) is 0 Å². The molecule has 5 nitrogen and oxygen atoms in total. The SMILES string of the molecule is Cc1cccc(NC(=O)C2CCN(C(=O)C3CCOCC3)CC2)c1. The van der Waals surface area contributed by atoms with Crippen LogP contribution in [0.3, 0.4) is 0 Å². The first-order chi connectivity index (χ1) is 11.6. The third-order valence-electron chi connectivity index (χ3n) is 5.03. The number of hydrogen-bond donors (Lipinski definition) is 1. The molecule has 1 aromatic rings. The summed E-state index contributed by atoms with van der Waals surface area (Å²) >= 11 is 0. The molecule has 2 aliphatic heterocycles. The summed E-state index contributed by atoms with van der Waals surface area (Å²) in [6.45, 7) is 4.75. The number of benzene rings is 1. The van der Waals surface area contributed by atoms with Gasteiger partial charge in [0.2, 0.25) is 11.8 Å². The Labute approximate surface area is 143 Å². The van der Waals surface area contributed by atoms with Crippen LogP contribution in [0.5, 0.6) is 0 Å². The lowest BCUT2D eigenvalue weighted by molar-refractivity contribution is -0.141. The molecule has 2 amide bonds. The summed E-state index contributed by atoms with van der Waals surface area (Å²) in [4.78, 5) is 26.9. The Bertz CT molecular complexity index is 588. The van der Waals surface area contributed by atoms with Crippen LogP contribution in [0.25, 0.3) is 0 Å². The van der Waals surface area contributed by atoms with Gasteiger partial charge >= 0.3 is 0 Å². The number of amides is 2. The van der Waals surface area contributed by atoms with E-state index in [-0.39, 0.29) is 23.7 Å². The van der Waals surface area contributed by atoms with E-state index in [0.717, 1.165) is 36.9 Å². The number of hydrogen-bond acceptors (Lipinski definition) is 3. The number of carbonyl (C=O) groups excluding carboxylic acids is 2. The highest BCUT2D eigenvalue weighted by Crippen LogP contribution is 2.24. The minimum atomic E-state index is -0.00995. The molecular weight excluding hydrogens is 304 g/mol. The predicted molar refractivity (Wildman–Crippen MR) is 92.7 cm³/mol. The molecule has 3 rings (SSSR count). The number of likely N-dealkylation sites (tertiary alicyclic amines) is 1. The zero-order valence-corrected chi connectivity index (χ0v) is 14.3. The first kappa shape index (κ1) is 17.0. The van der Waals surface area contributed by atoms with Crippen molar-refractivity contribution < 1.29 is 14.3 Å². The molecule has 2 saturated heterocycles. The van der Waals surface area contributed by atoms with Gasteiger partial charge < -0.3 is 15.0 Å². The molecule has 0 spiro atoms. The molecule has 0 aliphatic carbocycles. The van der Waals surface area contributed by atoms with Crippen molar-refractivity contribution in [2.45, 2.75) is 32.6 Å². The fourth-order valence-electron chi connectivity index (χ4n) is 3.53. The van der Waals surface area contributed by atoms with Gasteiger partial charge in [-0.15, -0.1) is 0 Å². The lowest BCUT2D eigenvalue weighted by atomic mass is 9.93. The monoisotopic (exact) mass is 330 g/mol. The van der Waals surface area contributed by atoms with Gasteiger partial charge in [0, 0.05) is 43.8 Å². The molecule has 0 atom stereocenters. The Morgan fingerprint density at radius 3 is 2.46 bits per heavy atom. The Morgan fingerprint density at radius 1 is 1.08 bits per heavy atom. The zero-order chi connectivity index (χ0) is 16.9. The minimum Gasteiger partial charge on any atom is -0.381 e. The number of piperidine rings is 1. The number of nitrogens with zero attached hydrogens (tertiary/aromatic N) is 1. The second-order valence-corrected chi connectivity index (χ2v) is 6.84. The van der Waals surface area contributed by atoms with Crippen LogP contribution in [0.1, 0.15) is 31.2 Å². The van der Waals surface area contributed by atoms with Crippen LogP contribution in [-0.2, 0) is 14.3 Å². The Hall–Kier alpha value is -1.88. The Balaban J connectivity index is 1.49. The molecule has 0 unspecified atom stereocenters. The molecule has 130 valence electrons. The topological polar surface area (TPSA) is 58.6 Å². The Kier molecular flexibility index (Phi) is 5.51. The summed E-state index contributed by atoms with van der Waals surface area (Å²) < 4.78 is 5.33. The van der Waals surface area contributed by atoms with E-state index >= 15 is 0 Å². The van der Waals surface area contributed by atoms with Crippen molar-refractivity contribution in [2.75, 3.05) is 31.6 Å². The fraction of sp³-hybridized carbons (Fsp3) is 0.579. The summed E-state index contributed by atoms with van der Waals surface area (Å²) in [7, 11) is 0. The summed E-state index contributed by atoms with van der Waals surface area (Å²) in [6, 6.07) is 7.84. The lowest BCUT2D eigenvalue weighted by Gasteiger charge is -2.34. The molecule has 2 heterocycles. The van der Waals surface area contributed by atoms with Crippen LogP contribution in [0.4, 0.5) is 5.69 Å². The van der Waals surface area contributed by atoms with E-state index in [0.29, 0.717) is 26.3 Å². The van der Waals surface area contributed by atoms with Gasteiger partial charge in [-0.2, -0.15) is 0 Å².